The SMILES string of the molecule is CC(C)(C)[Si](C)(C)O[C@H](CCN1C(=O)CCC1CO)C1CCCCC1. The molecule has 1 aliphatic heterocycles. The van der Waals surface area contributed by atoms with Crippen molar-refractivity contribution in [1.82, 2.24) is 4.90 Å². The molecule has 2 rings (SSSR count). The molecular weight excluding hydrogens is 330 g/mol. The summed E-state index contributed by atoms with van der Waals surface area (Å²) in [6.07, 6.45) is 9.05. The minimum absolute atomic E-state index is 0.0207. The summed E-state index contributed by atoms with van der Waals surface area (Å²) in [5, 5.41) is 9.75. The van der Waals surface area contributed by atoms with Crippen molar-refractivity contribution in [3.05, 3.63) is 0 Å². The van der Waals surface area contributed by atoms with Crippen molar-refractivity contribution < 1.29 is 14.3 Å². The molecule has 0 bridgehead atoms. The van der Waals surface area contributed by atoms with E-state index in [4.69, 9.17) is 4.43 Å². The normalized spacial score (nSPS) is 24.8. The largest absolute Gasteiger partial charge is 0.414 e. The van der Waals surface area contributed by atoms with Crippen LogP contribution in [0.25, 0.3) is 0 Å². The Kier molecular flexibility index (Phi) is 7.14. The highest BCUT2D eigenvalue weighted by molar-refractivity contribution is 6.74. The molecule has 0 spiro atoms. The van der Waals surface area contributed by atoms with Gasteiger partial charge in [-0.2, -0.15) is 0 Å². The van der Waals surface area contributed by atoms with Crippen molar-refractivity contribution in [2.75, 3.05) is 13.2 Å². The number of hydrogen-bond donors (Lipinski definition) is 1. The van der Waals surface area contributed by atoms with E-state index in [1.807, 2.05) is 4.90 Å². The van der Waals surface area contributed by atoms with E-state index in [1.54, 1.807) is 0 Å². The van der Waals surface area contributed by atoms with Crippen molar-refractivity contribution >= 4 is 14.2 Å². The molecule has 1 heterocycles. The molecular formula is C20H39NO3Si. The number of hydrogen-bond acceptors (Lipinski definition) is 3. The summed E-state index contributed by atoms with van der Waals surface area (Å²) in [7, 11) is -1.82. The van der Waals surface area contributed by atoms with E-state index in [-0.39, 0.29) is 29.7 Å². The van der Waals surface area contributed by atoms with Crippen LogP contribution < -0.4 is 0 Å². The zero-order valence-electron chi connectivity index (χ0n) is 17.0. The number of likely N-dealkylation sites (tertiary alicyclic amines) is 1. The third kappa shape index (κ3) is 5.30. The lowest BCUT2D eigenvalue weighted by Crippen LogP contribution is -2.47. The summed E-state index contributed by atoms with van der Waals surface area (Å²) >= 11 is 0. The molecule has 1 unspecified atom stereocenters. The first-order valence-electron chi connectivity index (χ1n) is 10.2. The van der Waals surface area contributed by atoms with E-state index in [9.17, 15) is 9.90 Å². The number of carbonyl (C=O) groups excluding carboxylic acids is 1. The van der Waals surface area contributed by atoms with Gasteiger partial charge in [-0.3, -0.25) is 4.79 Å². The Morgan fingerprint density at radius 2 is 1.84 bits per heavy atom. The van der Waals surface area contributed by atoms with Gasteiger partial charge in [-0.1, -0.05) is 40.0 Å². The molecule has 1 amide bonds. The number of nitrogens with zero attached hydrogens (tertiary/aromatic N) is 1. The first-order chi connectivity index (χ1) is 11.7. The van der Waals surface area contributed by atoms with Crippen molar-refractivity contribution in [3.63, 3.8) is 0 Å². The maximum atomic E-state index is 12.2. The maximum absolute atomic E-state index is 12.2. The van der Waals surface area contributed by atoms with Crippen LogP contribution in [0.15, 0.2) is 0 Å². The molecule has 1 N–H and O–H groups in total. The smallest absolute Gasteiger partial charge is 0.222 e. The van der Waals surface area contributed by atoms with Crippen LogP contribution in [0.3, 0.4) is 0 Å². The lowest BCUT2D eigenvalue weighted by molar-refractivity contribution is -0.129. The maximum Gasteiger partial charge on any atom is 0.222 e. The minimum Gasteiger partial charge on any atom is -0.414 e. The second kappa shape index (κ2) is 8.53. The molecule has 0 aromatic heterocycles. The summed E-state index contributed by atoms with van der Waals surface area (Å²) in [4.78, 5) is 14.1. The predicted octanol–water partition coefficient (Wildman–Crippen LogP) is 4.33. The highest BCUT2D eigenvalue weighted by Crippen LogP contribution is 2.40. The first-order valence-corrected chi connectivity index (χ1v) is 13.1. The van der Waals surface area contributed by atoms with Gasteiger partial charge in [-0.25, -0.2) is 0 Å². The molecule has 146 valence electrons. The number of aliphatic hydroxyl groups excluding tert-OH is 1. The Labute approximate surface area is 155 Å². The number of rotatable bonds is 7. The molecule has 0 radical (unpaired) electrons. The van der Waals surface area contributed by atoms with Crippen LogP contribution in [0.2, 0.25) is 18.1 Å². The van der Waals surface area contributed by atoms with E-state index in [1.165, 1.54) is 32.1 Å². The second-order valence-electron chi connectivity index (χ2n) is 9.57. The highest BCUT2D eigenvalue weighted by atomic mass is 28.4. The fraction of sp³-hybridized carbons (Fsp3) is 0.950. The van der Waals surface area contributed by atoms with Gasteiger partial charge in [0.15, 0.2) is 8.32 Å². The molecule has 2 fully saturated rings. The van der Waals surface area contributed by atoms with Gasteiger partial charge in [-0.05, 0) is 49.7 Å². The van der Waals surface area contributed by atoms with E-state index in [0.29, 0.717) is 12.3 Å². The Hall–Kier alpha value is -0.393. The fourth-order valence-corrected chi connectivity index (χ4v) is 5.43. The molecule has 0 aromatic rings. The molecule has 2 aliphatic rings. The van der Waals surface area contributed by atoms with Gasteiger partial charge in [0.2, 0.25) is 5.91 Å². The first kappa shape index (κ1) is 20.9. The van der Waals surface area contributed by atoms with E-state index in [2.05, 4.69) is 33.9 Å². The van der Waals surface area contributed by atoms with Crippen molar-refractivity contribution in [2.24, 2.45) is 5.92 Å². The zero-order valence-corrected chi connectivity index (χ0v) is 18.0. The molecule has 0 aromatic carbocycles. The van der Waals surface area contributed by atoms with Gasteiger partial charge >= 0.3 is 0 Å². The quantitative estimate of drug-likeness (QED) is 0.680. The Morgan fingerprint density at radius 1 is 1.20 bits per heavy atom. The lowest BCUT2D eigenvalue weighted by atomic mass is 9.84. The second-order valence-corrected chi connectivity index (χ2v) is 14.3. The van der Waals surface area contributed by atoms with Crippen molar-refractivity contribution in [3.8, 4) is 0 Å². The number of amides is 1. The predicted molar refractivity (Wildman–Crippen MR) is 105 cm³/mol. The van der Waals surface area contributed by atoms with Crippen LogP contribution in [0.4, 0.5) is 0 Å². The van der Waals surface area contributed by atoms with Gasteiger partial charge in [0, 0.05) is 19.1 Å². The molecule has 25 heavy (non-hydrogen) atoms. The standard InChI is InChI=1S/C20H39NO3Si/c1-20(2,3)25(4,5)24-18(16-9-7-6-8-10-16)13-14-21-17(15-22)11-12-19(21)23/h16-18,22H,6-15H2,1-5H3/t17?,18-/m1/s1. The number of aliphatic hydroxyl groups is 1. The Bertz CT molecular complexity index is 441. The van der Waals surface area contributed by atoms with Crippen LogP contribution >= 0.6 is 0 Å². The van der Waals surface area contributed by atoms with E-state index < -0.39 is 8.32 Å². The molecule has 4 nitrogen and oxygen atoms in total. The summed E-state index contributed by atoms with van der Waals surface area (Å²) in [6.45, 7) is 12.4. The van der Waals surface area contributed by atoms with Gasteiger partial charge in [-0.15, -0.1) is 0 Å². The molecule has 1 saturated carbocycles. The molecule has 5 heteroatoms. The summed E-state index contributed by atoms with van der Waals surface area (Å²) in [6, 6.07) is 0.0207. The average Bonchev–Trinajstić information content (AvgIpc) is 2.91. The third-order valence-electron chi connectivity index (χ3n) is 6.75. The molecule has 1 aliphatic carbocycles. The van der Waals surface area contributed by atoms with Crippen LogP contribution in [-0.2, 0) is 9.22 Å². The minimum atomic E-state index is -1.82. The fourth-order valence-electron chi connectivity index (χ4n) is 4.01. The summed E-state index contributed by atoms with van der Waals surface area (Å²) in [5.41, 5.74) is 0. The number of carbonyl (C=O) groups is 1. The Morgan fingerprint density at radius 3 is 2.40 bits per heavy atom. The van der Waals surface area contributed by atoms with E-state index in [0.717, 1.165) is 19.4 Å². The van der Waals surface area contributed by atoms with Crippen LogP contribution in [0, 0.1) is 5.92 Å². The van der Waals surface area contributed by atoms with Gasteiger partial charge in [0.1, 0.15) is 0 Å². The van der Waals surface area contributed by atoms with Crippen LogP contribution in [0.5, 0.6) is 0 Å². The van der Waals surface area contributed by atoms with Gasteiger partial charge in [0.25, 0.3) is 0 Å². The molecule has 1 saturated heterocycles. The van der Waals surface area contributed by atoms with Gasteiger partial charge < -0.3 is 14.4 Å². The lowest BCUT2D eigenvalue weighted by Gasteiger charge is -2.43. The highest BCUT2D eigenvalue weighted by Gasteiger charge is 2.41. The average molecular weight is 370 g/mol. The van der Waals surface area contributed by atoms with Crippen molar-refractivity contribution in [2.45, 2.75) is 102 Å². The third-order valence-corrected chi connectivity index (χ3v) is 11.2. The Balaban J connectivity index is 2.05. The topological polar surface area (TPSA) is 49.8 Å². The van der Waals surface area contributed by atoms with Crippen LogP contribution in [-0.4, -0.2) is 49.5 Å². The zero-order chi connectivity index (χ0) is 18.7. The van der Waals surface area contributed by atoms with Crippen LogP contribution in [0.1, 0.15) is 72.1 Å². The summed E-state index contributed by atoms with van der Waals surface area (Å²) in [5.74, 6) is 0.835. The van der Waals surface area contributed by atoms with Crippen molar-refractivity contribution in [1.29, 1.82) is 0 Å². The summed E-state index contributed by atoms with van der Waals surface area (Å²) < 4.78 is 6.84. The van der Waals surface area contributed by atoms with E-state index >= 15 is 0 Å². The molecule has 2 atom stereocenters. The monoisotopic (exact) mass is 369 g/mol. The van der Waals surface area contributed by atoms with Gasteiger partial charge in [0.05, 0.1) is 12.6 Å².